The van der Waals surface area contributed by atoms with Gasteiger partial charge < -0.3 is 28.7 Å². The molecule has 2 amide bonds. The number of ether oxygens (including phenoxy) is 4. The van der Waals surface area contributed by atoms with E-state index in [1.165, 1.54) is 0 Å². The van der Waals surface area contributed by atoms with Gasteiger partial charge in [0.2, 0.25) is 11.8 Å². The molecule has 0 bridgehead atoms. The molecule has 12 rings (SSSR count). The van der Waals surface area contributed by atoms with Gasteiger partial charge in [0.15, 0.2) is 11.2 Å². The van der Waals surface area contributed by atoms with E-state index in [1.807, 2.05) is 137 Å². The smallest absolute Gasteiger partial charge is 0.340 e. The molecule has 8 aromatic carbocycles. The number of aryl methyl sites for hydroxylation is 2. The number of fused-ring (bicyclic) bond motifs is 12. The molecule has 83 heavy (non-hydrogen) atoms. The normalized spacial score (nSPS) is 16.7. The van der Waals surface area contributed by atoms with Gasteiger partial charge in [0.1, 0.15) is 23.0 Å². The van der Waals surface area contributed by atoms with Crippen LogP contribution in [0.1, 0.15) is 145 Å². The number of carbonyl (C=O) groups excluding carboxylic acids is 4. The van der Waals surface area contributed by atoms with Crippen molar-refractivity contribution in [2.24, 2.45) is 0 Å². The first kappa shape index (κ1) is 54.4. The molecule has 2 unspecified atom stereocenters. The fourth-order valence-electron chi connectivity index (χ4n) is 13.0. The monoisotopic (exact) mass is 1100 g/mol. The molecule has 0 fully saturated rings. The minimum Gasteiger partial charge on any atom is -0.456 e. The number of esters is 2. The minimum absolute atomic E-state index is 0.110. The summed E-state index contributed by atoms with van der Waals surface area (Å²) in [5.41, 5.74) is 10.2. The average molecular weight is 1110 g/mol. The van der Waals surface area contributed by atoms with Gasteiger partial charge in [0.25, 0.3) is 0 Å². The lowest BCUT2D eigenvalue weighted by molar-refractivity contribution is -0.118. The molecule has 0 radical (unpaired) electrons. The summed E-state index contributed by atoms with van der Waals surface area (Å²) < 4.78 is 26.7. The van der Waals surface area contributed by atoms with E-state index in [0.717, 1.165) is 70.9 Å². The molecule has 12 heteroatoms. The van der Waals surface area contributed by atoms with Crippen LogP contribution >= 0.6 is 0 Å². The number of anilines is 6. The minimum atomic E-state index is -1.33. The van der Waals surface area contributed by atoms with E-state index in [1.54, 1.807) is 21.9 Å². The Labute approximate surface area is 485 Å². The van der Waals surface area contributed by atoms with Crippen LogP contribution in [0.15, 0.2) is 158 Å². The van der Waals surface area contributed by atoms with Crippen molar-refractivity contribution in [3.63, 3.8) is 0 Å². The number of nitrogens with zero attached hydrogens (tertiary/aromatic N) is 4. The van der Waals surface area contributed by atoms with E-state index >= 15 is 0 Å². The SMILES string of the molecule is CCC(=O)N(c1ccc(C(C)(C)c2ccc(N(C(=O)CC)c3cc4c(cc3C)Oc3cc(N(CC)CC)ccc3C43OC(=O)c4ccccc43)cc2)cc1)c1cc2c(cc1C)Oc1cc(N(CC)CC)ccc1C21OC(=O)c2ccccc21. The van der Waals surface area contributed by atoms with Gasteiger partial charge in [-0.3, -0.25) is 19.4 Å². The largest absolute Gasteiger partial charge is 0.456 e. The molecule has 420 valence electrons. The zero-order valence-electron chi connectivity index (χ0n) is 48.8. The predicted molar refractivity (Wildman–Crippen MR) is 326 cm³/mol. The number of hydrogen-bond donors (Lipinski definition) is 0. The van der Waals surface area contributed by atoms with E-state index in [-0.39, 0.29) is 24.7 Å². The molecule has 12 nitrogen and oxygen atoms in total. The second-order valence-corrected chi connectivity index (χ2v) is 22.3. The number of amides is 2. The Morgan fingerprint density at radius 2 is 0.771 bits per heavy atom. The Hall–Kier alpha value is -9.16. The van der Waals surface area contributed by atoms with E-state index in [2.05, 4.69) is 87.7 Å². The molecular weight excluding hydrogens is 1040 g/mol. The highest BCUT2D eigenvalue weighted by Gasteiger charge is 2.56. The van der Waals surface area contributed by atoms with Crippen molar-refractivity contribution in [3.05, 3.63) is 224 Å². The number of rotatable bonds is 14. The van der Waals surface area contributed by atoms with Crippen LogP contribution in [0.2, 0.25) is 0 Å². The standard InChI is InChI=1S/C71H68N4O8/c1-11-65(76)74(59-41-57-61(37-43(59)7)80-63-39-49(72(13-3)14-4)33-35-55(63)70(57)53-23-19-17-21-51(53)67(78)82-70)47-29-25-45(26-30-47)69(9,10)46-27-31-48(32-28-46)75(66(77)12-2)60-42-58-62(38-44(60)8)81-64-40-50(73(15-5)16-6)34-36-56(64)71(58)54-24-20-18-22-52(54)68(79)83-71/h17-42H,11-16H2,1-10H3. The number of benzene rings is 8. The van der Waals surface area contributed by atoms with Crippen molar-refractivity contribution < 1.29 is 38.1 Å². The molecule has 2 atom stereocenters. The van der Waals surface area contributed by atoms with Crippen molar-refractivity contribution >= 4 is 57.9 Å². The number of hydrogen-bond acceptors (Lipinski definition) is 10. The van der Waals surface area contributed by atoms with Crippen LogP contribution in [0.3, 0.4) is 0 Å². The third-order valence-electron chi connectivity index (χ3n) is 17.6. The number of carbonyl (C=O) groups is 4. The quantitative estimate of drug-likeness (QED) is 0.0974. The fraction of sp³-hybridized carbons (Fsp3) is 0.268. The van der Waals surface area contributed by atoms with Crippen LogP contribution in [0.25, 0.3) is 0 Å². The Bertz CT molecular complexity index is 3700. The predicted octanol–water partition coefficient (Wildman–Crippen LogP) is 15.6. The van der Waals surface area contributed by atoms with Gasteiger partial charge in [-0.1, -0.05) is 88.4 Å². The second-order valence-electron chi connectivity index (χ2n) is 22.3. The highest BCUT2D eigenvalue weighted by atomic mass is 16.6. The highest BCUT2D eigenvalue weighted by molar-refractivity contribution is 6.04. The van der Waals surface area contributed by atoms with Crippen molar-refractivity contribution in [2.75, 3.05) is 45.8 Å². The summed E-state index contributed by atoms with van der Waals surface area (Å²) in [5.74, 6) is 1.24. The molecule has 0 aliphatic carbocycles. The maximum atomic E-state index is 14.4. The first-order valence-corrected chi connectivity index (χ1v) is 29.0. The van der Waals surface area contributed by atoms with E-state index < -0.39 is 28.6 Å². The first-order chi connectivity index (χ1) is 40.1. The zero-order chi connectivity index (χ0) is 58.3. The summed E-state index contributed by atoms with van der Waals surface area (Å²) in [7, 11) is 0. The summed E-state index contributed by atoms with van der Waals surface area (Å²) in [6.07, 6.45) is 0.466. The average Bonchev–Trinajstić information content (AvgIpc) is 4.09. The Kier molecular flexibility index (Phi) is 13.6. The van der Waals surface area contributed by atoms with Crippen LogP contribution < -0.4 is 29.1 Å². The molecule has 0 saturated carbocycles. The van der Waals surface area contributed by atoms with E-state index in [4.69, 9.17) is 18.9 Å². The van der Waals surface area contributed by atoms with Gasteiger partial charge in [-0.25, -0.2) is 9.59 Å². The fourth-order valence-corrected chi connectivity index (χ4v) is 13.0. The van der Waals surface area contributed by atoms with Gasteiger partial charge in [0, 0.05) is 113 Å². The molecule has 0 aromatic heterocycles. The van der Waals surface area contributed by atoms with Gasteiger partial charge in [-0.15, -0.1) is 0 Å². The zero-order valence-corrected chi connectivity index (χ0v) is 48.8. The highest BCUT2D eigenvalue weighted by Crippen LogP contribution is 2.60. The van der Waals surface area contributed by atoms with E-state index in [0.29, 0.717) is 79.1 Å². The summed E-state index contributed by atoms with van der Waals surface area (Å²) in [6.45, 7) is 23.7. The maximum Gasteiger partial charge on any atom is 0.340 e. The van der Waals surface area contributed by atoms with Crippen molar-refractivity contribution in [1.29, 1.82) is 0 Å². The molecular formula is C71H68N4O8. The van der Waals surface area contributed by atoms with Crippen LogP contribution in [0.4, 0.5) is 34.1 Å². The van der Waals surface area contributed by atoms with Crippen LogP contribution in [-0.4, -0.2) is 49.9 Å². The van der Waals surface area contributed by atoms with Crippen LogP contribution in [0.5, 0.6) is 23.0 Å². The van der Waals surface area contributed by atoms with E-state index in [9.17, 15) is 19.2 Å². The molecule has 4 aliphatic rings. The molecule has 8 aromatic rings. The molecule has 4 aliphatic heterocycles. The molecule has 0 saturated heterocycles. The van der Waals surface area contributed by atoms with Crippen molar-refractivity contribution in [1.82, 2.24) is 0 Å². The van der Waals surface area contributed by atoms with Gasteiger partial charge in [0.05, 0.1) is 22.5 Å². The molecule has 2 spiro atoms. The Morgan fingerprint density at radius 3 is 1.13 bits per heavy atom. The third kappa shape index (κ3) is 8.38. The molecule has 0 N–H and O–H groups in total. The summed E-state index contributed by atoms with van der Waals surface area (Å²) >= 11 is 0. The molecule has 4 heterocycles. The van der Waals surface area contributed by atoms with Crippen LogP contribution in [-0.2, 0) is 35.7 Å². The third-order valence-corrected chi connectivity index (χ3v) is 17.6. The Morgan fingerprint density at radius 1 is 0.422 bits per heavy atom. The lowest BCUT2D eigenvalue weighted by atomic mass is 9.77. The maximum absolute atomic E-state index is 14.4. The van der Waals surface area contributed by atoms with Crippen LogP contribution in [0, 0.1) is 13.8 Å². The summed E-state index contributed by atoms with van der Waals surface area (Å²) in [6, 6.07) is 51.2. The Balaban J connectivity index is 0.881. The van der Waals surface area contributed by atoms with Crippen molar-refractivity contribution in [2.45, 2.75) is 98.7 Å². The van der Waals surface area contributed by atoms with Gasteiger partial charge in [-0.05, 0) is 149 Å². The lowest BCUT2D eigenvalue weighted by Crippen LogP contribution is -2.34. The second kappa shape index (κ2) is 20.7. The first-order valence-electron chi connectivity index (χ1n) is 29.0. The van der Waals surface area contributed by atoms with Gasteiger partial charge >= 0.3 is 11.9 Å². The van der Waals surface area contributed by atoms with Gasteiger partial charge in [-0.2, -0.15) is 0 Å². The summed E-state index contributed by atoms with van der Waals surface area (Å²) in [4.78, 5) is 64.5. The summed E-state index contributed by atoms with van der Waals surface area (Å²) in [5, 5.41) is 0. The van der Waals surface area contributed by atoms with Crippen molar-refractivity contribution in [3.8, 4) is 23.0 Å². The lowest BCUT2D eigenvalue weighted by Gasteiger charge is -2.38. The topological polar surface area (TPSA) is 118 Å².